The smallest absolute Gasteiger partial charge is 0.229 e. The summed E-state index contributed by atoms with van der Waals surface area (Å²) >= 11 is 3.38. The lowest BCUT2D eigenvalue weighted by molar-refractivity contribution is 0.0936. The monoisotopic (exact) mass is 409 g/mol. The van der Waals surface area contributed by atoms with E-state index in [2.05, 4.69) is 26.8 Å². The molecule has 26 heavy (non-hydrogen) atoms. The lowest BCUT2D eigenvalue weighted by Gasteiger charge is -2.26. The second-order valence-electron chi connectivity index (χ2n) is 6.64. The quantitative estimate of drug-likeness (QED) is 0.473. The van der Waals surface area contributed by atoms with E-state index < -0.39 is 5.41 Å². The van der Waals surface area contributed by atoms with E-state index >= 15 is 0 Å². The Labute approximate surface area is 162 Å². The Bertz CT molecular complexity index is 1030. The molecule has 3 aromatic rings. The molecule has 0 spiro atoms. The van der Waals surface area contributed by atoms with Crippen LogP contribution in [0.2, 0.25) is 0 Å². The predicted octanol–water partition coefficient (Wildman–Crippen LogP) is 4.46. The first-order valence-electron chi connectivity index (χ1n) is 8.23. The lowest BCUT2D eigenvalue weighted by Crippen LogP contribution is -2.27. The standard InChI is InChI=1S/C21H20BrN3O/c1-6-21(3,16-8-10-17(11-9-16)24(4)5)18-13-15-7-12-19(22)23-20(15)25(18)14(2)26/h1,7-13H,2-5H3. The number of pyridine rings is 1. The SMILES string of the molecule is C#CC(C)(c1ccc(N(C)C)cc1)c1cc2ccc(Br)nc2n1C(C)=O. The van der Waals surface area contributed by atoms with E-state index in [-0.39, 0.29) is 5.91 Å². The van der Waals surface area contributed by atoms with Gasteiger partial charge in [-0.15, -0.1) is 6.42 Å². The maximum atomic E-state index is 12.4. The van der Waals surface area contributed by atoms with Crippen molar-refractivity contribution < 1.29 is 4.79 Å². The number of benzene rings is 1. The summed E-state index contributed by atoms with van der Waals surface area (Å²) in [5, 5.41) is 0.879. The summed E-state index contributed by atoms with van der Waals surface area (Å²) in [5.41, 5.74) is 2.63. The van der Waals surface area contributed by atoms with Gasteiger partial charge in [-0.2, -0.15) is 0 Å². The molecule has 0 aliphatic heterocycles. The van der Waals surface area contributed by atoms with Gasteiger partial charge in [0.25, 0.3) is 0 Å². The molecule has 0 N–H and O–H groups in total. The van der Waals surface area contributed by atoms with Gasteiger partial charge in [0.15, 0.2) is 0 Å². The van der Waals surface area contributed by atoms with E-state index in [4.69, 9.17) is 6.42 Å². The number of hydrogen-bond acceptors (Lipinski definition) is 3. The van der Waals surface area contributed by atoms with Crippen LogP contribution < -0.4 is 4.90 Å². The van der Waals surface area contributed by atoms with Crippen molar-refractivity contribution >= 4 is 38.6 Å². The first-order valence-corrected chi connectivity index (χ1v) is 9.02. The first-order chi connectivity index (χ1) is 12.3. The maximum absolute atomic E-state index is 12.4. The molecular formula is C21H20BrN3O. The van der Waals surface area contributed by atoms with Crippen LogP contribution >= 0.6 is 15.9 Å². The number of anilines is 1. The highest BCUT2D eigenvalue weighted by Gasteiger charge is 2.32. The molecule has 2 heterocycles. The number of hydrogen-bond donors (Lipinski definition) is 0. The number of carbonyl (C=O) groups excluding carboxylic acids is 1. The Kier molecular flexibility index (Phi) is 4.64. The fourth-order valence-electron chi connectivity index (χ4n) is 3.14. The van der Waals surface area contributed by atoms with Gasteiger partial charge >= 0.3 is 0 Å². The van der Waals surface area contributed by atoms with E-state index in [1.165, 1.54) is 6.92 Å². The average molecular weight is 410 g/mol. The number of terminal acetylenes is 1. The normalized spacial score (nSPS) is 13.2. The highest BCUT2D eigenvalue weighted by atomic mass is 79.9. The molecule has 0 bridgehead atoms. The third-order valence-corrected chi connectivity index (χ3v) is 5.13. The minimum atomic E-state index is -0.760. The van der Waals surface area contributed by atoms with Crippen molar-refractivity contribution in [3.63, 3.8) is 0 Å². The van der Waals surface area contributed by atoms with E-state index in [0.717, 1.165) is 22.3 Å². The number of aromatic nitrogens is 2. The molecular weight excluding hydrogens is 390 g/mol. The van der Waals surface area contributed by atoms with Crippen molar-refractivity contribution in [2.75, 3.05) is 19.0 Å². The van der Waals surface area contributed by atoms with E-state index in [1.54, 1.807) is 4.57 Å². The van der Waals surface area contributed by atoms with E-state index in [9.17, 15) is 4.79 Å². The Morgan fingerprint density at radius 3 is 2.42 bits per heavy atom. The van der Waals surface area contributed by atoms with Gasteiger partial charge in [0.2, 0.25) is 5.91 Å². The van der Waals surface area contributed by atoms with Gasteiger partial charge < -0.3 is 4.90 Å². The van der Waals surface area contributed by atoms with Crippen LogP contribution in [0.3, 0.4) is 0 Å². The lowest BCUT2D eigenvalue weighted by atomic mass is 9.80. The molecule has 0 aliphatic carbocycles. The molecule has 1 aromatic carbocycles. The molecule has 3 rings (SSSR count). The third kappa shape index (κ3) is 2.91. The summed E-state index contributed by atoms with van der Waals surface area (Å²) < 4.78 is 2.29. The van der Waals surface area contributed by atoms with E-state index in [0.29, 0.717) is 10.3 Å². The topological polar surface area (TPSA) is 38.1 Å². The number of fused-ring (bicyclic) bond motifs is 1. The van der Waals surface area contributed by atoms with Crippen molar-refractivity contribution in [2.45, 2.75) is 19.3 Å². The van der Waals surface area contributed by atoms with Crippen LogP contribution in [0.15, 0.2) is 47.1 Å². The minimum Gasteiger partial charge on any atom is -0.378 e. The Morgan fingerprint density at radius 2 is 1.88 bits per heavy atom. The number of nitrogens with zero attached hydrogens (tertiary/aromatic N) is 3. The van der Waals surface area contributed by atoms with Crippen LogP contribution in [-0.4, -0.2) is 29.6 Å². The van der Waals surface area contributed by atoms with Crippen LogP contribution in [-0.2, 0) is 5.41 Å². The highest BCUT2D eigenvalue weighted by Crippen LogP contribution is 2.36. The van der Waals surface area contributed by atoms with Crippen LogP contribution in [0.4, 0.5) is 5.69 Å². The van der Waals surface area contributed by atoms with Crippen molar-refractivity contribution in [1.82, 2.24) is 9.55 Å². The van der Waals surface area contributed by atoms with Gasteiger partial charge in [-0.05, 0) is 58.7 Å². The molecule has 0 aliphatic rings. The highest BCUT2D eigenvalue weighted by molar-refractivity contribution is 9.10. The van der Waals surface area contributed by atoms with E-state index in [1.807, 2.05) is 68.4 Å². The summed E-state index contributed by atoms with van der Waals surface area (Å²) in [6.45, 7) is 3.48. The fourth-order valence-corrected chi connectivity index (χ4v) is 3.44. The van der Waals surface area contributed by atoms with Gasteiger partial charge in [-0.3, -0.25) is 9.36 Å². The predicted molar refractivity (Wildman–Crippen MR) is 110 cm³/mol. The fraction of sp³-hybridized carbons (Fsp3) is 0.238. The van der Waals surface area contributed by atoms with Crippen molar-refractivity contribution in [1.29, 1.82) is 0 Å². The molecule has 132 valence electrons. The van der Waals surface area contributed by atoms with Gasteiger partial charge in [-0.25, -0.2) is 4.98 Å². The Hall–Kier alpha value is -2.58. The second-order valence-corrected chi connectivity index (χ2v) is 7.45. The molecule has 0 amide bonds. The zero-order valence-electron chi connectivity index (χ0n) is 15.2. The molecule has 4 nitrogen and oxygen atoms in total. The molecule has 1 atom stereocenters. The largest absolute Gasteiger partial charge is 0.378 e. The molecule has 2 aromatic heterocycles. The van der Waals surface area contributed by atoms with Crippen molar-refractivity contribution in [3.05, 3.63) is 58.3 Å². The van der Waals surface area contributed by atoms with Crippen molar-refractivity contribution in [2.24, 2.45) is 0 Å². The zero-order chi connectivity index (χ0) is 19.1. The molecule has 0 saturated heterocycles. The Morgan fingerprint density at radius 1 is 1.23 bits per heavy atom. The first kappa shape index (κ1) is 18.2. The molecule has 1 unspecified atom stereocenters. The van der Waals surface area contributed by atoms with Gasteiger partial charge in [0.05, 0.1) is 11.1 Å². The summed E-state index contributed by atoms with van der Waals surface area (Å²) in [7, 11) is 3.99. The minimum absolute atomic E-state index is 0.119. The van der Waals surface area contributed by atoms with Crippen LogP contribution in [0.1, 0.15) is 29.9 Å². The van der Waals surface area contributed by atoms with Gasteiger partial charge in [0.1, 0.15) is 10.3 Å². The van der Waals surface area contributed by atoms with Crippen LogP contribution in [0.5, 0.6) is 0 Å². The van der Waals surface area contributed by atoms with Gasteiger partial charge in [-0.1, -0.05) is 18.1 Å². The molecule has 0 radical (unpaired) electrons. The van der Waals surface area contributed by atoms with Gasteiger partial charge in [0, 0.05) is 32.1 Å². The number of halogens is 1. The second kappa shape index (κ2) is 6.62. The average Bonchev–Trinajstić information content (AvgIpc) is 3.00. The Balaban J connectivity index is 2.26. The maximum Gasteiger partial charge on any atom is 0.229 e. The zero-order valence-corrected chi connectivity index (χ0v) is 16.8. The summed E-state index contributed by atoms with van der Waals surface area (Å²) in [6, 6.07) is 13.8. The van der Waals surface area contributed by atoms with Crippen molar-refractivity contribution in [3.8, 4) is 12.3 Å². The van der Waals surface area contributed by atoms with Crippen LogP contribution in [0.25, 0.3) is 11.0 Å². The number of carbonyl (C=O) groups is 1. The molecule has 0 saturated carbocycles. The van der Waals surface area contributed by atoms with Crippen LogP contribution in [0, 0.1) is 12.3 Å². The summed E-state index contributed by atoms with van der Waals surface area (Å²) in [4.78, 5) is 18.9. The third-order valence-electron chi connectivity index (χ3n) is 4.69. The number of rotatable bonds is 3. The summed E-state index contributed by atoms with van der Waals surface area (Å²) in [5.74, 6) is 2.79. The molecule has 5 heteroatoms. The summed E-state index contributed by atoms with van der Waals surface area (Å²) in [6.07, 6.45) is 5.97. The molecule has 0 fully saturated rings.